The van der Waals surface area contributed by atoms with Crippen LogP contribution in [0.2, 0.25) is 0 Å². The standard InChI is InChI=1S/C18H19F4NO2S/c1-17(2,3)13-4-6-16(7-5-13)26(24,25)23-11-12-8-14(18(20,21)22)10-15(19)9-12/h4-10,23H,11H2,1-3H3. The summed E-state index contributed by atoms with van der Waals surface area (Å²) in [6, 6.07) is 8.15. The lowest BCUT2D eigenvalue weighted by atomic mass is 9.87. The maximum absolute atomic E-state index is 13.4. The van der Waals surface area contributed by atoms with Gasteiger partial charge in [0.2, 0.25) is 10.0 Å². The van der Waals surface area contributed by atoms with Gasteiger partial charge in [-0.1, -0.05) is 32.9 Å². The van der Waals surface area contributed by atoms with Crippen molar-refractivity contribution < 1.29 is 26.0 Å². The molecule has 0 aliphatic rings. The van der Waals surface area contributed by atoms with Crippen molar-refractivity contribution in [2.75, 3.05) is 0 Å². The van der Waals surface area contributed by atoms with Crippen molar-refractivity contribution in [1.82, 2.24) is 4.72 Å². The van der Waals surface area contributed by atoms with Gasteiger partial charge in [0, 0.05) is 6.54 Å². The van der Waals surface area contributed by atoms with E-state index < -0.39 is 34.1 Å². The SMILES string of the molecule is CC(C)(C)c1ccc(S(=O)(=O)NCc2cc(F)cc(C(F)(F)F)c2)cc1. The maximum atomic E-state index is 13.4. The highest BCUT2D eigenvalue weighted by atomic mass is 32.2. The third kappa shape index (κ3) is 5.04. The summed E-state index contributed by atoms with van der Waals surface area (Å²) in [5, 5.41) is 0. The van der Waals surface area contributed by atoms with Gasteiger partial charge in [0.05, 0.1) is 10.5 Å². The van der Waals surface area contributed by atoms with E-state index in [2.05, 4.69) is 4.72 Å². The highest BCUT2D eigenvalue weighted by molar-refractivity contribution is 7.89. The molecule has 8 heteroatoms. The molecule has 0 spiro atoms. The fraction of sp³-hybridized carbons (Fsp3) is 0.333. The van der Waals surface area contributed by atoms with E-state index in [1.54, 1.807) is 12.1 Å². The summed E-state index contributed by atoms with van der Waals surface area (Å²) < 4.78 is 78.3. The highest BCUT2D eigenvalue weighted by Gasteiger charge is 2.31. The fourth-order valence-corrected chi connectivity index (χ4v) is 3.33. The number of hydrogen-bond acceptors (Lipinski definition) is 2. The summed E-state index contributed by atoms with van der Waals surface area (Å²) in [5.74, 6) is -1.08. The molecule has 0 fully saturated rings. The topological polar surface area (TPSA) is 46.2 Å². The van der Waals surface area contributed by atoms with Gasteiger partial charge >= 0.3 is 6.18 Å². The first kappa shape index (κ1) is 20.4. The van der Waals surface area contributed by atoms with Crippen molar-refractivity contribution in [2.45, 2.75) is 43.8 Å². The molecule has 0 atom stereocenters. The van der Waals surface area contributed by atoms with Crippen molar-refractivity contribution in [2.24, 2.45) is 0 Å². The monoisotopic (exact) mass is 389 g/mol. The summed E-state index contributed by atoms with van der Waals surface area (Å²) in [4.78, 5) is -0.0158. The van der Waals surface area contributed by atoms with Crippen LogP contribution in [0.3, 0.4) is 0 Å². The first-order chi connectivity index (χ1) is 11.8. The molecule has 0 bridgehead atoms. The minimum atomic E-state index is -4.71. The smallest absolute Gasteiger partial charge is 0.207 e. The van der Waals surface area contributed by atoms with Crippen LogP contribution in [-0.4, -0.2) is 8.42 Å². The van der Waals surface area contributed by atoms with Crippen LogP contribution < -0.4 is 4.72 Å². The van der Waals surface area contributed by atoms with Crippen molar-refractivity contribution in [3.05, 3.63) is 65.0 Å². The normalized spacial score (nSPS) is 13.0. The predicted molar refractivity (Wildman–Crippen MR) is 90.6 cm³/mol. The van der Waals surface area contributed by atoms with Crippen LogP contribution in [0.15, 0.2) is 47.4 Å². The molecule has 26 heavy (non-hydrogen) atoms. The number of nitrogens with one attached hydrogen (secondary N) is 1. The van der Waals surface area contributed by atoms with Crippen LogP contribution in [-0.2, 0) is 28.2 Å². The molecule has 0 saturated carbocycles. The van der Waals surface area contributed by atoms with E-state index in [4.69, 9.17) is 0 Å². The van der Waals surface area contributed by atoms with E-state index in [1.807, 2.05) is 20.8 Å². The van der Waals surface area contributed by atoms with Gasteiger partial charge in [-0.25, -0.2) is 17.5 Å². The summed E-state index contributed by atoms with van der Waals surface area (Å²) in [6.45, 7) is 5.50. The lowest BCUT2D eigenvalue weighted by Crippen LogP contribution is -2.24. The lowest BCUT2D eigenvalue weighted by Gasteiger charge is -2.19. The first-order valence-electron chi connectivity index (χ1n) is 7.76. The lowest BCUT2D eigenvalue weighted by molar-refractivity contribution is -0.137. The third-order valence-electron chi connectivity index (χ3n) is 3.78. The van der Waals surface area contributed by atoms with Crippen molar-refractivity contribution >= 4 is 10.0 Å². The quantitative estimate of drug-likeness (QED) is 0.776. The second-order valence-corrected chi connectivity index (χ2v) is 8.71. The number of rotatable bonds is 4. The Kier molecular flexibility index (Phi) is 5.49. The molecule has 3 nitrogen and oxygen atoms in total. The van der Waals surface area contributed by atoms with E-state index in [0.29, 0.717) is 12.1 Å². The Bertz CT molecular complexity index is 883. The molecule has 0 aromatic heterocycles. The average Bonchev–Trinajstić information content (AvgIpc) is 2.51. The molecule has 0 saturated heterocycles. The Labute approximate surface area is 150 Å². The summed E-state index contributed by atoms with van der Waals surface area (Å²) >= 11 is 0. The predicted octanol–water partition coefficient (Wildman–Crippen LogP) is 4.62. The van der Waals surface area contributed by atoms with Crippen molar-refractivity contribution in [3.8, 4) is 0 Å². The molecule has 1 N–H and O–H groups in total. The minimum absolute atomic E-state index is 0.0158. The number of benzene rings is 2. The van der Waals surface area contributed by atoms with E-state index in [0.717, 1.165) is 11.6 Å². The summed E-state index contributed by atoms with van der Waals surface area (Å²) in [5.41, 5.74) is -0.490. The van der Waals surface area contributed by atoms with Gasteiger partial charge in [-0.2, -0.15) is 13.2 Å². The van der Waals surface area contributed by atoms with Gasteiger partial charge in [-0.15, -0.1) is 0 Å². The zero-order chi connectivity index (χ0) is 19.8. The van der Waals surface area contributed by atoms with Gasteiger partial charge in [0.1, 0.15) is 5.82 Å². The van der Waals surface area contributed by atoms with E-state index in [-0.39, 0.29) is 15.9 Å². The molecule has 0 amide bonds. The number of sulfonamides is 1. The maximum Gasteiger partial charge on any atom is 0.416 e. The molecule has 0 unspecified atom stereocenters. The molecular weight excluding hydrogens is 370 g/mol. The molecule has 142 valence electrons. The van der Waals surface area contributed by atoms with E-state index in [1.165, 1.54) is 12.1 Å². The molecule has 0 aliphatic heterocycles. The van der Waals surface area contributed by atoms with Crippen LogP contribution >= 0.6 is 0 Å². The highest BCUT2D eigenvalue weighted by Crippen LogP contribution is 2.30. The van der Waals surface area contributed by atoms with Gasteiger partial charge in [-0.3, -0.25) is 0 Å². The summed E-state index contributed by atoms with van der Waals surface area (Å²) in [7, 11) is -3.94. The second-order valence-electron chi connectivity index (χ2n) is 6.94. The third-order valence-corrected chi connectivity index (χ3v) is 5.20. The van der Waals surface area contributed by atoms with Crippen LogP contribution in [0.5, 0.6) is 0 Å². The Morgan fingerprint density at radius 2 is 1.50 bits per heavy atom. The zero-order valence-electron chi connectivity index (χ0n) is 14.5. The Balaban J connectivity index is 2.19. The fourth-order valence-electron chi connectivity index (χ4n) is 2.31. The average molecular weight is 389 g/mol. The Morgan fingerprint density at radius 1 is 0.923 bits per heavy atom. The zero-order valence-corrected chi connectivity index (χ0v) is 15.3. The molecule has 2 aromatic rings. The number of hydrogen-bond donors (Lipinski definition) is 1. The van der Waals surface area contributed by atoms with Crippen molar-refractivity contribution in [1.29, 1.82) is 0 Å². The van der Waals surface area contributed by atoms with Gasteiger partial charge in [0.25, 0.3) is 0 Å². The first-order valence-corrected chi connectivity index (χ1v) is 9.24. The molecule has 0 aliphatic carbocycles. The van der Waals surface area contributed by atoms with Crippen LogP contribution in [0.4, 0.5) is 17.6 Å². The van der Waals surface area contributed by atoms with Gasteiger partial charge < -0.3 is 0 Å². The van der Waals surface area contributed by atoms with Crippen LogP contribution in [0.1, 0.15) is 37.5 Å². The Hall–Kier alpha value is -1.93. The molecule has 0 heterocycles. The van der Waals surface area contributed by atoms with E-state index in [9.17, 15) is 26.0 Å². The molecular formula is C18H19F4NO2S. The largest absolute Gasteiger partial charge is 0.416 e. The number of alkyl halides is 3. The van der Waals surface area contributed by atoms with Gasteiger partial charge in [0.15, 0.2) is 0 Å². The molecule has 2 aromatic carbocycles. The van der Waals surface area contributed by atoms with Gasteiger partial charge in [-0.05, 0) is 46.9 Å². The minimum Gasteiger partial charge on any atom is -0.207 e. The Morgan fingerprint density at radius 3 is 2.00 bits per heavy atom. The summed E-state index contributed by atoms with van der Waals surface area (Å²) in [6.07, 6.45) is -4.71. The molecule has 0 radical (unpaired) electrons. The van der Waals surface area contributed by atoms with Crippen LogP contribution in [0.25, 0.3) is 0 Å². The molecule has 2 rings (SSSR count). The van der Waals surface area contributed by atoms with Crippen LogP contribution in [0, 0.1) is 5.82 Å². The van der Waals surface area contributed by atoms with E-state index >= 15 is 0 Å². The second kappa shape index (κ2) is 7.00. The number of halogens is 4. The van der Waals surface area contributed by atoms with Crippen molar-refractivity contribution in [3.63, 3.8) is 0 Å².